The second-order valence-corrected chi connectivity index (χ2v) is 5.95. The maximum Gasteiger partial charge on any atom is 0.334 e. The first-order chi connectivity index (χ1) is 8.43. The molecular weight excluding hydrogens is 228 g/mol. The molecule has 1 saturated carbocycles. The van der Waals surface area contributed by atoms with Crippen LogP contribution in [0.2, 0.25) is 0 Å². The fraction of sp³-hybridized carbons (Fsp3) is 0.533. The van der Waals surface area contributed by atoms with Crippen molar-refractivity contribution in [3.8, 4) is 0 Å². The molecule has 3 heteroatoms. The molecule has 3 rings (SSSR count). The highest BCUT2D eigenvalue weighted by Gasteiger charge is 2.54. The van der Waals surface area contributed by atoms with E-state index < -0.39 is 6.10 Å². The van der Waals surface area contributed by atoms with Crippen LogP contribution in [0.25, 0.3) is 0 Å². The zero-order valence-electron chi connectivity index (χ0n) is 10.6. The van der Waals surface area contributed by atoms with E-state index in [4.69, 9.17) is 4.74 Å². The Balaban J connectivity index is 1.98. The number of hydrogen-bond donors (Lipinski definition) is 1. The standard InChI is InChI=1S/C15H18O3/c1-8-4-5-13(16)15(3)7-12-10(6-11(8)15)9(2)14(17)18-12/h4-5,10-13,16H,1-2,6-7H2,3H3. The third kappa shape index (κ3) is 1.37. The molecule has 5 unspecified atom stereocenters. The maximum absolute atomic E-state index is 11.6. The van der Waals surface area contributed by atoms with Gasteiger partial charge in [-0.1, -0.05) is 37.8 Å². The number of hydrogen-bond acceptors (Lipinski definition) is 3. The minimum atomic E-state index is -0.499. The molecule has 3 nitrogen and oxygen atoms in total. The van der Waals surface area contributed by atoms with Crippen LogP contribution in [-0.2, 0) is 9.53 Å². The average Bonchev–Trinajstić information content (AvgIpc) is 2.58. The van der Waals surface area contributed by atoms with Crippen LogP contribution >= 0.6 is 0 Å². The molecule has 2 aliphatic carbocycles. The number of fused-ring (bicyclic) bond motifs is 2. The van der Waals surface area contributed by atoms with Crippen LogP contribution in [0.1, 0.15) is 19.8 Å². The van der Waals surface area contributed by atoms with Crippen molar-refractivity contribution in [3.63, 3.8) is 0 Å². The monoisotopic (exact) mass is 246 g/mol. The summed E-state index contributed by atoms with van der Waals surface area (Å²) < 4.78 is 5.37. The number of carbonyl (C=O) groups excluding carboxylic acids is 1. The number of allylic oxidation sites excluding steroid dienone is 2. The lowest BCUT2D eigenvalue weighted by atomic mass is 9.56. The molecule has 0 aromatic heterocycles. The number of esters is 1. The Hall–Kier alpha value is -1.35. The van der Waals surface area contributed by atoms with Gasteiger partial charge in [0.25, 0.3) is 0 Å². The maximum atomic E-state index is 11.6. The van der Waals surface area contributed by atoms with Gasteiger partial charge in [0.1, 0.15) is 6.10 Å². The van der Waals surface area contributed by atoms with E-state index in [2.05, 4.69) is 20.1 Å². The molecule has 0 aromatic rings. The lowest BCUT2D eigenvalue weighted by Crippen LogP contribution is -2.49. The highest BCUT2D eigenvalue weighted by atomic mass is 16.6. The molecule has 0 radical (unpaired) electrons. The van der Waals surface area contributed by atoms with Gasteiger partial charge in [0.2, 0.25) is 0 Å². The molecule has 0 bridgehead atoms. The summed E-state index contributed by atoms with van der Waals surface area (Å²) in [6.45, 7) is 9.98. The Morgan fingerprint density at radius 3 is 2.94 bits per heavy atom. The second-order valence-electron chi connectivity index (χ2n) is 5.95. The Kier molecular flexibility index (Phi) is 2.33. The molecule has 0 amide bonds. The summed E-state index contributed by atoms with van der Waals surface area (Å²) >= 11 is 0. The molecular formula is C15H18O3. The smallest absolute Gasteiger partial charge is 0.334 e. The lowest BCUT2D eigenvalue weighted by Gasteiger charge is -2.49. The molecule has 1 N–H and O–H groups in total. The third-order valence-electron chi connectivity index (χ3n) is 4.96. The summed E-state index contributed by atoms with van der Waals surface area (Å²) in [7, 11) is 0. The molecule has 1 saturated heterocycles. The summed E-state index contributed by atoms with van der Waals surface area (Å²) in [6, 6.07) is 0. The van der Waals surface area contributed by atoms with Crippen LogP contribution in [0.15, 0.2) is 36.5 Å². The van der Waals surface area contributed by atoms with Gasteiger partial charge >= 0.3 is 5.97 Å². The number of carbonyl (C=O) groups is 1. The van der Waals surface area contributed by atoms with Gasteiger partial charge in [0.15, 0.2) is 0 Å². The average molecular weight is 246 g/mol. The minimum absolute atomic E-state index is 0.0889. The Morgan fingerprint density at radius 1 is 1.50 bits per heavy atom. The van der Waals surface area contributed by atoms with Crippen LogP contribution in [-0.4, -0.2) is 23.3 Å². The van der Waals surface area contributed by atoms with E-state index >= 15 is 0 Å². The molecule has 5 atom stereocenters. The van der Waals surface area contributed by atoms with Crippen molar-refractivity contribution >= 4 is 5.97 Å². The first kappa shape index (κ1) is 11.7. The minimum Gasteiger partial charge on any atom is -0.458 e. The van der Waals surface area contributed by atoms with Crippen molar-refractivity contribution in [2.75, 3.05) is 0 Å². The second kappa shape index (κ2) is 3.58. The Bertz CT molecular complexity index is 476. The van der Waals surface area contributed by atoms with Gasteiger partial charge in [-0.05, 0) is 18.8 Å². The van der Waals surface area contributed by atoms with Gasteiger partial charge in [-0.15, -0.1) is 0 Å². The first-order valence-electron chi connectivity index (χ1n) is 6.38. The highest BCUT2D eigenvalue weighted by Crippen LogP contribution is 2.54. The van der Waals surface area contributed by atoms with Crippen molar-refractivity contribution < 1.29 is 14.6 Å². The van der Waals surface area contributed by atoms with Crippen molar-refractivity contribution in [3.05, 3.63) is 36.5 Å². The van der Waals surface area contributed by atoms with E-state index in [9.17, 15) is 9.90 Å². The molecule has 0 spiro atoms. The quantitative estimate of drug-likeness (QED) is 0.525. The molecule has 3 aliphatic rings. The van der Waals surface area contributed by atoms with Crippen LogP contribution in [0, 0.1) is 17.3 Å². The fourth-order valence-corrected chi connectivity index (χ4v) is 3.70. The molecule has 18 heavy (non-hydrogen) atoms. The third-order valence-corrected chi connectivity index (χ3v) is 4.96. The van der Waals surface area contributed by atoms with Crippen molar-refractivity contribution in [1.82, 2.24) is 0 Å². The largest absolute Gasteiger partial charge is 0.458 e. The summed E-state index contributed by atoms with van der Waals surface area (Å²) in [5, 5.41) is 10.2. The normalized spacial score (nSPS) is 46.7. The van der Waals surface area contributed by atoms with E-state index in [1.165, 1.54) is 0 Å². The summed E-state index contributed by atoms with van der Waals surface area (Å²) in [5.74, 6) is 0.0105. The number of ether oxygens (including phenoxy) is 1. The van der Waals surface area contributed by atoms with Gasteiger partial charge in [0, 0.05) is 16.9 Å². The van der Waals surface area contributed by atoms with Crippen molar-refractivity contribution in [2.24, 2.45) is 17.3 Å². The molecule has 1 aliphatic heterocycles. The predicted octanol–water partition coefficient (Wildman–Crippen LogP) is 1.99. The van der Waals surface area contributed by atoms with Crippen LogP contribution in [0.4, 0.5) is 0 Å². The van der Waals surface area contributed by atoms with Gasteiger partial charge in [-0.3, -0.25) is 0 Å². The van der Waals surface area contributed by atoms with Gasteiger partial charge in [-0.2, -0.15) is 0 Å². The summed E-state index contributed by atoms with van der Waals surface area (Å²) in [4.78, 5) is 11.6. The van der Waals surface area contributed by atoms with Crippen molar-refractivity contribution in [2.45, 2.75) is 32.0 Å². The van der Waals surface area contributed by atoms with E-state index in [0.717, 1.165) is 12.0 Å². The van der Waals surface area contributed by atoms with Gasteiger partial charge in [-0.25, -0.2) is 4.79 Å². The summed E-state index contributed by atoms with van der Waals surface area (Å²) in [5.41, 5.74) is 1.34. The Morgan fingerprint density at radius 2 is 2.22 bits per heavy atom. The van der Waals surface area contributed by atoms with E-state index in [-0.39, 0.29) is 29.3 Å². The molecule has 1 heterocycles. The number of rotatable bonds is 0. The number of aliphatic hydroxyl groups excluding tert-OH is 1. The fourth-order valence-electron chi connectivity index (χ4n) is 3.70. The molecule has 96 valence electrons. The van der Waals surface area contributed by atoms with Crippen molar-refractivity contribution in [1.29, 1.82) is 0 Å². The predicted molar refractivity (Wildman–Crippen MR) is 67.6 cm³/mol. The zero-order chi connectivity index (χ0) is 13.1. The SMILES string of the molecule is C=C1C(=O)OC2CC3(C)C(O)C=CC(=C)C3CC12. The van der Waals surface area contributed by atoms with Crippen LogP contribution < -0.4 is 0 Å². The van der Waals surface area contributed by atoms with E-state index in [0.29, 0.717) is 12.0 Å². The van der Waals surface area contributed by atoms with E-state index in [1.54, 1.807) is 6.08 Å². The first-order valence-corrected chi connectivity index (χ1v) is 6.38. The Labute approximate surface area is 107 Å². The van der Waals surface area contributed by atoms with E-state index in [1.807, 2.05) is 6.08 Å². The van der Waals surface area contributed by atoms with Gasteiger partial charge in [0.05, 0.1) is 6.10 Å². The van der Waals surface area contributed by atoms with Crippen LogP contribution in [0.5, 0.6) is 0 Å². The zero-order valence-corrected chi connectivity index (χ0v) is 10.6. The molecule has 0 aromatic carbocycles. The number of aliphatic hydroxyl groups is 1. The summed E-state index contributed by atoms with van der Waals surface area (Å²) in [6.07, 6.45) is 4.55. The highest BCUT2D eigenvalue weighted by molar-refractivity contribution is 5.90. The van der Waals surface area contributed by atoms with Gasteiger partial charge < -0.3 is 9.84 Å². The lowest BCUT2D eigenvalue weighted by molar-refractivity contribution is -0.143. The molecule has 2 fully saturated rings. The van der Waals surface area contributed by atoms with Crippen LogP contribution in [0.3, 0.4) is 0 Å². The topological polar surface area (TPSA) is 46.5 Å².